The van der Waals surface area contributed by atoms with Gasteiger partial charge in [-0.25, -0.2) is 24.9 Å². The first-order chi connectivity index (χ1) is 25.4. The number of aliphatic imine (C=N–C) groups is 1. The summed E-state index contributed by atoms with van der Waals surface area (Å²) in [5.41, 5.74) is 10.8. The van der Waals surface area contributed by atoms with Crippen LogP contribution in [0.15, 0.2) is 98.2 Å². The normalized spacial score (nSPS) is 15.7. The van der Waals surface area contributed by atoms with E-state index in [1.807, 2.05) is 54.7 Å². The van der Waals surface area contributed by atoms with E-state index >= 15 is 0 Å². The largest absolute Gasteiger partial charge is 0.299 e. The summed E-state index contributed by atoms with van der Waals surface area (Å²) in [6.07, 6.45) is 8.46. The zero-order valence-electron chi connectivity index (χ0n) is 30.0. The average molecular weight is 875 g/mol. The molecule has 0 fully saturated rings. The first-order valence-corrected chi connectivity index (χ1v) is 19.7. The van der Waals surface area contributed by atoms with Gasteiger partial charge in [-0.1, -0.05) is 44.0 Å². The van der Waals surface area contributed by atoms with Crippen molar-refractivity contribution < 1.29 is 4.79 Å². The number of likely N-dealkylation sites (N-methyl/N-ethyl adjacent to an activating group) is 1. The lowest BCUT2D eigenvalue weighted by Gasteiger charge is -2.18. The van der Waals surface area contributed by atoms with Crippen LogP contribution in [0, 0.1) is 19.3 Å². The molecule has 0 amide bonds. The van der Waals surface area contributed by atoms with Crippen LogP contribution < -0.4 is 0 Å². The van der Waals surface area contributed by atoms with Crippen molar-refractivity contribution in [2.75, 3.05) is 18.6 Å². The Balaban J connectivity index is 0.000000184. The van der Waals surface area contributed by atoms with Gasteiger partial charge in [0.15, 0.2) is 11.7 Å². The van der Waals surface area contributed by atoms with Gasteiger partial charge < -0.3 is 0 Å². The van der Waals surface area contributed by atoms with Crippen LogP contribution in [0.4, 0.5) is 5.82 Å². The molecule has 11 nitrogen and oxygen atoms in total. The number of Topliss-reactive ketones (excluding diaryl/α,β-unsaturated/α-hetero) is 1. The highest BCUT2D eigenvalue weighted by molar-refractivity contribution is 9.10. The number of rotatable bonds is 5. The number of fused-ring (bicyclic) bond motifs is 1. The fourth-order valence-electron chi connectivity index (χ4n) is 5.46. The monoisotopic (exact) mass is 872 g/mol. The molecule has 2 aromatic carbocycles. The molecule has 0 aliphatic carbocycles. The zero-order chi connectivity index (χ0) is 38.2. The first kappa shape index (κ1) is 39.9. The third-order valence-electron chi connectivity index (χ3n) is 8.07. The summed E-state index contributed by atoms with van der Waals surface area (Å²) in [6.45, 7) is 7.78. The Hall–Kier alpha value is -4.31. The highest BCUT2D eigenvalue weighted by Gasteiger charge is 2.31. The maximum absolute atomic E-state index is 9.74. The molecule has 3 aromatic heterocycles. The van der Waals surface area contributed by atoms with Crippen LogP contribution in [0.2, 0.25) is 0 Å². The quantitative estimate of drug-likeness (QED) is 0.168. The maximum Gasteiger partial charge on any atom is 0.155 e. The molecule has 2 aliphatic rings. The van der Waals surface area contributed by atoms with Crippen molar-refractivity contribution in [3.8, 4) is 11.4 Å². The molecule has 0 spiro atoms. The molecule has 7 rings (SSSR count). The van der Waals surface area contributed by atoms with E-state index in [9.17, 15) is 4.79 Å². The molecule has 53 heavy (non-hydrogen) atoms. The van der Waals surface area contributed by atoms with Crippen LogP contribution >= 0.6 is 56.3 Å². The number of carbonyl (C=O) groups excluding carboxylic acids is 1. The predicted octanol–water partition coefficient (Wildman–Crippen LogP) is 8.64. The topological polar surface area (TPSA) is 138 Å². The van der Waals surface area contributed by atoms with E-state index < -0.39 is 0 Å². The lowest BCUT2D eigenvalue weighted by atomic mass is 9.98. The Bertz CT molecular complexity index is 2220. The lowest BCUT2D eigenvalue weighted by Crippen LogP contribution is -2.16. The van der Waals surface area contributed by atoms with Crippen LogP contribution in [-0.2, 0) is 11.8 Å². The molecular formula is C38H38Br2N10OS2. The SMILES string of the molecule is CC(=O)CS.CC1=Nc2c(c(-c3ccncn3)nn2C)C(c2ccc(Br)cc2C)SC1.Cc1cc(Br)ccc1C=C1C(=N)N(C)N=C1c1ccncn1. The number of nitrogens with zero attached hydrogens (tertiary/aromatic N) is 9. The van der Waals surface area contributed by atoms with Crippen molar-refractivity contribution >= 4 is 91.2 Å². The second kappa shape index (κ2) is 18.1. The standard InChI is InChI=1S/C19H18BrN5S.C16H14BrN5.C3H6OS/c1-11-8-13(20)4-5-14(11)18-16-17(15-6-7-21-10-22-15)24-25(3)19(16)23-12(2)9-26-18;1-10-7-12(17)4-3-11(10)8-13-15(21-22(2)16(13)18)14-5-6-19-9-20-14;1-3(4)2-5/h4-8,10,18H,9H2,1-3H3;3-9,18H,1-2H3;5H,2H2,1H3. The van der Waals surface area contributed by atoms with E-state index in [0.717, 1.165) is 59.9 Å². The van der Waals surface area contributed by atoms with Gasteiger partial charge in [0.05, 0.1) is 16.6 Å². The van der Waals surface area contributed by atoms with Gasteiger partial charge in [0, 0.05) is 63.8 Å². The summed E-state index contributed by atoms with van der Waals surface area (Å²) in [5.74, 6) is 2.63. The van der Waals surface area contributed by atoms with Gasteiger partial charge >= 0.3 is 0 Å². The number of thioether (sulfide) groups is 1. The van der Waals surface area contributed by atoms with Gasteiger partial charge in [-0.05, 0) is 92.4 Å². The summed E-state index contributed by atoms with van der Waals surface area (Å²) in [7, 11) is 3.71. The molecule has 15 heteroatoms. The van der Waals surface area contributed by atoms with E-state index in [1.165, 1.54) is 24.4 Å². The van der Waals surface area contributed by atoms with E-state index in [1.54, 1.807) is 36.8 Å². The Kier molecular flexibility index (Phi) is 13.7. The molecule has 1 atom stereocenters. The highest BCUT2D eigenvalue weighted by Crippen LogP contribution is 2.47. The third kappa shape index (κ3) is 9.82. The van der Waals surface area contributed by atoms with Crippen LogP contribution in [-0.4, -0.2) is 76.3 Å². The Morgan fingerprint density at radius 2 is 1.58 bits per heavy atom. The summed E-state index contributed by atoms with van der Waals surface area (Å²) in [6, 6.07) is 16.2. The van der Waals surface area contributed by atoms with Crippen molar-refractivity contribution in [2.24, 2.45) is 17.1 Å². The first-order valence-electron chi connectivity index (χ1n) is 16.4. The molecular weight excluding hydrogens is 836 g/mol. The Morgan fingerprint density at radius 3 is 2.17 bits per heavy atom. The lowest BCUT2D eigenvalue weighted by molar-refractivity contribution is -0.114. The summed E-state index contributed by atoms with van der Waals surface area (Å²) in [4.78, 5) is 31.2. The van der Waals surface area contributed by atoms with Crippen molar-refractivity contribution in [2.45, 2.75) is 32.9 Å². The van der Waals surface area contributed by atoms with Crippen LogP contribution in [0.3, 0.4) is 0 Å². The number of halogens is 2. The van der Waals surface area contributed by atoms with Crippen molar-refractivity contribution in [3.63, 3.8) is 0 Å². The van der Waals surface area contributed by atoms with Gasteiger partial charge in [0.2, 0.25) is 0 Å². The molecule has 0 radical (unpaired) electrons. The van der Waals surface area contributed by atoms with Crippen LogP contribution in [0.1, 0.15) is 52.6 Å². The number of benzene rings is 2. The minimum atomic E-state index is 0.119. The minimum absolute atomic E-state index is 0.119. The molecule has 2 aliphatic heterocycles. The predicted molar refractivity (Wildman–Crippen MR) is 226 cm³/mol. The van der Waals surface area contributed by atoms with Crippen LogP contribution in [0.25, 0.3) is 17.5 Å². The highest BCUT2D eigenvalue weighted by atomic mass is 79.9. The summed E-state index contributed by atoms with van der Waals surface area (Å²) < 4.78 is 3.99. The maximum atomic E-state index is 9.74. The number of aromatic nitrogens is 6. The number of thiol groups is 1. The van der Waals surface area contributed by atoms with Crippen molar-refractivity contribution in [1.82, 2.24) is 34.7 Å². The van der Waals surface area contributed by atoms with E-state index in [-0.39, 0.29) is 11.0 Å². The van der Waals surface area contributed by atoms with Gasteiger partial charge in [0.25, 0.3) is 0 Å². The zero-order valence-corrected chi connectivity index (χ0v) is 34.9. The van der Waals surface area contributed by atoms with Gasteiger partial charge in [-0.15, -0.1) is 11.8 Å². The second-order valence-corrected chi connectivity index (χ2v) is 15.4. The Morgan fingerprint density at radius 1 is 0.962 bits per heavy atom. The van der Waals surface area contributed by atoms with Gasteiger partial charge in [-0.3, -0.25) is 19.9 Å². The van der Waals surface area contributed by atoms with E-state index in [0.29, 0.717) is 23.0 Å². The molecule has 0 saturated carbocycles. The smallest absolute Gasteiger partial charge is 0.155 e. The molecule has 0 bridgehead atoms. The third-order valence-corrected chi connectivity index (χ3v) is 10.9. The van der Waals surface area contributed by atoms with Crippen molar-refractivity contribution in [1.29, 1.82) is 5.41 Å². The van der Waals surface area contributed by atoms with E-state index in [2.05, 4.69) is 108 Å². The number of hydrogen-bond donors (Lipinski definition) is 2. The number of amidine groups is 1. The molecule has 5 aromatic rings. The fourth-order valence-corrected chi connectivity index (χ4v) is 7.71. The minimum Gasteiger partial charge on any atom is -0.299 e. The van der Waals surface area contributed by atoms with Gasteiger partial charge in [-0.2, -0.15) is 22.8 Å². The fraction of sp³-hybridized carbons (Fsp3) is 0.237. The number of aryl methyl sites for hydroxylation is 3. The number of ketones is 1. The number of hydrogen-bond acceptors (Lipinski definition) is 11. The molecule has 5 heterocycles. The number of hydrazone groups is 1. The van der Waals surface area contributed by atoms with Crippen LogP contribution in [0.5, 0.6) is 0 Å². The van der Waals surface area contributed by atoms with Gasteiger partial charge in [0.1, 0.15) is 29.8 Å². The average Bonchev–Trinajstić information content (AvgIpc) is 3.54. The number of carbonyl (C=O) groups is 1. The van der Waals surface area contributed by atoms with E-state index in [4.69, 9.17) is 15.5 Å². The summed E-state index contributed by atoms with van der Waals surface area (Å²) >= 11 is 12.6. The molecule has 1 unspecified atom stereocenters. The molecule has 272 valence electrons. The molecule has 0 saturated heterocycles. The Labute approximate surface area is 335 Å². The molecule has 1 N–H and O–H groups in total. The van der Waals surface area contributed by atoms with Crippen molar-refractivity contribution in [3.05, 3.63) is 122 Å². The summed E-state index contributed by atoms with van der Waals surface area (Å²) in [5, 5.41) is 19.1. The second-order valence-electron chi connectivity index (χ2n) is 12.2. The number of nitrogens with one attached hydrogen (secondary N) is 1.